The van der Waals surface area contributed by atoms with Crippen LogP contribution in [0.15, 0.2) is 4.52 Å². The number of hydrogen-bond donors (Lipinski definition) is 1. The summed E-state index contributed by atoms with van der Waals surface area (Å²) in [6.45, 7) is 8.67. The van der Waals surface area contributed by atoms with E-state index in [1.165, 1.54) is 6.42 Å². The summed E-state index contributed by atoms with van der Waals surface area (Å²) >= 11 is 0. The van der Waals surface area contributed by atoms with Gasteiger partial charge in [0.05, 0.1) is 5.41 Å². The Balaban J connectivity index is 2.17. The van der Waals surface area contributed by atoms with Crippen molar-refractivity contribution >= 4 is 0 Å². The van der Waals surface area contributed by atoms with Crippen LogP contribution >= 0.6 is 0 Å². The molecule has 0 bridgehead atoms. The van der Waals surface area contributed by atoms with Crippen molar-refractivity contribution in [3.05, 3.63) is 11.7 Å². The Morgan fingerprint density at radius 1 is 1.44 bits per heavy atom. The van der Waals surface area contributed by atoms with Crippen LogP contribution in [0.3, 0.4) is 0 Å². The first-order chi connectivity index (χ1) is 8.66. The van der Waals surface area contributed by atoms with Crippen molar-refractivity contribution in [3.8, 4) is 0 Å². The number of hydrogen-bond acceptors (Lipinski definition) is 4. The number of piperidine rings is 1. The van der Waals surface area contributed by atoms with Crippen LogP contribution in [0.1, 0.15) is 58.2 Å². The molecule has 0 aliphatic carbocycles. The van der Waals surface area contributed by atoms with Gasteiger partial charge in [-0.3, -0.25) is 0 Å². The fraction of sp³-hybridized carbons (Fsp3) is 0.857. The second-order valence-corrected chi connectivity index (χ2v) is 5.92. The lowest BCUT2D eigenvalue weighted by atomic mass is 9.77. The van der Waals surface area contributed by atoms with Gasteiger partial charge in [-0.15, -0.1) is 0 Å². The second kappa shape index (κ2) is 5.83. The van der Waals surface area contributed by atoms with Crippen LogP contribution in [0.5, 0.6) is 0 Å². The van der Waals surface area contributed by atoms with Crippen LogP contribution in [0.25, 0.3) is 0 Å². The molecule has 4 nitrogen and oxygen atoms in total. The van der Waals surface area contributed by atoms with Crippen LogP contribution in [-0.4, -0.2) is 23.2 Å². The first kappa shape index (κ1) is 13.5. The summed E-state index contributed by atoms with van der Waals surface area (Å²) in [4.78, 5) is 4.65. The Hall–Kier alpha value is -0.900. The zero-order chi connectivity index (χ0) is 13.0. The zero-order valence-electron chi connectivity index (χ0n) is 11.8. The largest absolute Gasteiger partial charge is 0.339 e. The van der Waals surface area contributed by atoms with Crippen molar-refractivity contribution in [2.45, 2.75) is 58.3 Å². The molecule has 4 heteroatoms. The van der Waals surface area contributed by atoms with E-state index in [2.05, 4.69) is 36.2 Å². The van der Waals surface area contributed by atoms with E-state index in [0.717, 1.165) is 50.5 Å². The Morgan fingerprint density at radius 2 is 2.28 bits per heavy atom. The average Bonchev–Trinajstić information content (AvgIpc) is 2.79. The third-order valence-electron chi connectivity index (χ3n) is 3.71. The third-order valence-corrected chi connectivity index (χ3v) is 3.71. The smallest absolute Gasteiger partial charge is 0.234 e. The van der Waals surface area contributed by atoms with E-state index in [-0.39, 0.29) is 5.41 Å². The summed E-state index contributed by atoms with van der Waals surface area (Å²) in [7, 11) is 0. The lowest BCUT2D eigenvalue weighted by molar-refractivity contribution is 0.213. The highest BCUT2D eigenvalue weighted by atomic mass is 16.5. The average molecular weight is 251 g/mol. The highest BCUT2D eigenvalue weighted by molar-refractivity contribution is 5.08. The maximum atomic E-state index is 5.56. The predicted octanol–water partition coefficient (Wildman–Crippen LogP) is 2.69. The molecule has 1 N–H and O–H groups in total. The molecule has 2 rings (SSSR count). The van der Waals surface area contributed by atoms with E-state index in [1.54, 1.807) is 0 Å². The second-order valence-electron chi connectivity index (χ2n) is 5.92. The molecule has 2 heterocycles. The van der Waals surface area contributed by atoms with Crippen LogP contribution < -0.4 is 5.32 Å². The molecule has 1 aliphatic rings. The van der Waals surface area contributed by atoms with Gasteiger partial charge >= 0.3 is 0 Å². The molecule has 1 fully saturated rings. The van der Waals surface area contributed by atoms with Crippen molar-refractivity contribution in [1.29, 1.82) is 0 Å². The maximum absolute atomic E-state index is 5.56. The molecular formula is C14H25N3O. The summed E-state index contributed by atoms with van der Waals surface area (Å²) in [6, 6.07) is 0. The SMILES string of the molecule is CCCC1(c2nc(CC(C)C)no2)CCCNC1. The van der Waals surface area contributed by atoms with Crippen molar-refractivity contribution in [1.82, 2.24) is 15.5 Å². The summed E-state index contributed by atoms with van der Waals surface area (Å²) < 4.78 is 5.56. The summed E-state index contributed by atoms with van der Waals surface area (Å²) in [5.41, 5.74) is 0.0786. The monoisotopic (exact) mass is 251 g/mol. The molecule has 1 aromatic rings. The minimum absolute atomic E-state index is 0.0786. The van der Waals surface area contributed by atoms with E-state index in [9.17, 15) is 0 Å². The molecule has 1 atom stereocenters. The molecule has 0 aromatic carbocycles. The molecule has 1 aliphatic heterocycles. The Labute approximate surface area is 110 Å². The number of aromatic nitrogens is 2. The maximum Gasteiger partial charge on any atom is 0.234 e. The minimum Gasteiger partial charge on any atom is -0.339 e. The summed E-state index contributed by atoms with van der Waals surface area (Å²) in [6.07, 6.45) is 5.55. The van der Waals surface area contributed by atoms with Crippen LogP contribution in [-0.2, 0) is 11.8 Å². The van der Waals surface area contributed by atoms with E-state index < -0.39 is 0 Å². The van der Waals surface area contributed by atoms with Gasteiger partial charge in [-0.1, -0.05) is 32.3 Å². The van der Waals surface area contributed by atoms with Crippen molar-refractivity contribution in [3.63, 3.8) is 0 Å². The number of nitrogens with one attached hydrogen (secondary N) is 1. The first-order valence-corrected chi connectivity index (χ1v) is 7.20. The molecule has 102 valence electrons. The molecule has 0 amide bonds. The molecule has 0 spiro atoms. The molecule has 0 saturated carbocycles. The van der Waals surface area contributed by atoms with Crippen LogP contribution in [0.2, 0.25) is 0 Å². The van der Waals surface area contributed by atoms with Gasteiger partial charge in [-0.25, -0.2) is 0 Å². The Morgan fingerprint density at radius 3 is 2.89 bits per heavy atom. The quantitative estimate of drug-likeness (QED) is 0.874. The van der Waals surface area contributed by atoms with E-state index in [1.807, 2.05) is 0 Å². The van der Waals surface area contributed by atoms with Gasteiger partial charge in [0, 0.05) is 13.0 Å². The minimum atomic E-state index is 0.0786. The molecule has 1 saturated heterocycles. The van der Waals surface area contributed by atoms with Gasteiger partial charge in [0.1, 0.15) is 0 Å². The third kappa shape index (κ3) is 2.91. The summed E-state index contributed by atoms with van der Waals surface area (Å²) in [5, 5.41) is 7.63. The Bertz CT molecular complexity index is 361. The van der Waals surface area contributed by atoms with Crippen molar-refractivity contribution in [2.75, 3.05) is 13.1 Å². The molecule has 1 aromatic heterocycles. The van der Waals surface area contributed by atoms with E-state index >= 15 is 0 Å². The molecule has 0 radical (unpaired) electrons. The topological polar surface area (TPSA) is 51.0 Å². The standard InChI is InChI=1S/C14H25N3O/c1-4-6-14(7-5-8-15-10-14)13-16-12(17-18-13)9-11(2)3/h11,15H,4-10H2,1-3H3. The van der Waals surface area contributed by atoms with Crippen LogP contribution in [0.4, 0.5) is 0 Å². The van der Waals surface area contributed by atoms with Crippen molar-refractivity contribution in [2.24, 2.45) is 5.92 Å². The Kier molecular flexibility index (Phi) is 4.38. The number of nitrogens with zero attached hydrogens (tertiary/aromatic N) is 2. The van der Waals surface area contributed by atoms with Gasteiger partial charge in [0.25, 0.3) is 0 Å². The molecular weight excluding hydrogens is 226 g/mol. The van der Waals surface area contributed by atoms with E-state index in [4.69, 9.17) is 4.52 Å². The van der Waals surface area contributed by atoms with E-state index in [0.29, 0.717) is 5.92 Å². The van der Waals surface area contributed by atoms with Gasteiger partial charge in [0.15, 0.2) is 5.82 Å². The predicted molar refractivity (Wildman–Crippen MR) is 71.5 cm³/mol. The van der Waals surface area contributed by atoms with Gasteiger partial charge < -0.3 is 9.84 Å². The highest BCUT2D eigenvalue weighted by Crippen LogP contribution is 2.34. The van der Waals surface area contributed by atoms with Gasteiger partial charge in [-0.05, 0) is 31.7 Å². The van der Waals surface area contributed by atoms with Crippen LogP contribution in [0, 0.1) is 5.92 Å². The fourth-order valence-corrected chi connectivity index (χ4v) is 2.87. The zero-order valence-corrected chi connectivity index (χ0v) is 11.8. The first-order valence-electron chi connectivity index (χ1n) is 7.20. The summed E-state index contributed by atoms with van der Waals surface area (Å²) in [5.74, 6) is 2.29. The number of rotatable bonds is 5. The molecule has 1 unspecified atom stereocenters. The van der Waals surface area contributed by atoms with Gasteiger partial charge in [-0.2, -0.15) is 4.98 Å². The van der Waals surface area contributed by atoms with Crippen molar-refractivity contribution < 1.29 is 4.52 Å². The highest BCUT2D eigenvalue weighted by Gasteiger charge is 2.38. The lowest BCUT2D eigenvalue weighted by Crippen LogP contribution is -2.43. The lowest BCUT2D eigenvalue weighted by Gasteiger charge is -2.34. The fourth-order valence-electron chi connectivity index (χ4n) is 2.87. The molecule has 18 heavy (non-hydrogen) atoms. The normalized spacial score (nSPS) is 24.7. The van der Waals surface area contributed by atoms with Gasteiger partial charge in [0.2, 0.25) is 5.89 Å².